The van der Waals surface area contributed by atoms with Crippen LogP contribution < -0.4 is 5.32 Å². The molecule has 0 saturated carbocycles. The van der Waals surface area contributed by atoms with Crippen LogP contribution in [-0.4, -0.2) is 26.3 Å². The van der Waals surface area contributed by atoms with Crippen LogP contribution in [-0.2, 0) is 0 Å². The number of rotatable bonds is 6. The van der Waals surface area contributed by atoms with E-state index in [1.165, 1.54) is 12.1 Å². The molecule has 0 saturated heterocycles. The van der Waals surface area contributed by atoms with Crippen LogP contribution in [0.3, 0.4) is 0 Å². The third-order valence-corrected chi connectivity index (χ3v) is 4.01. The number of nitrogens with one attached hydrogen (secondary N) is 1. The highest BCUT2D eigenvalue weighted by Gasteiger charge is 2.20. The van der Waals surface area contributed by atoms with Crippen LogP contribution in [0, 0.1) is 5.82 Å². The van der Waals surface area contributed by atoms with Crippen LogP contribution in [0.5, 0.6) is 0 Å². The summed E-state index contributed by atoms with van der Waals surface area (Å²) < 4.78 is 16.7. The smallest absolute Gasteiger partial charge is 0.256 e. The summed E-state index contributed by atoms with van der Waals surface area (Å²) in [5.41, 5.74) is 1.16. The molecule has 130 valence electrons. The number of hydrogen-bond acceptors (Lipinski definition) is 2. The lowest BCUT2D eigenvalue weighted by atomic mass is 10.2. The maximum atomic E-state index is 13.2. The normalized spacial score (nSPS) is 12.1. The van der Waals surface area contributed by atoms with Gasteiger partial charge in [0.25, 0.3) is 5.91 Å². The molecule has 0 fully saturated rings. The first-order valence-corrected chi connectivity index (χ1v) is 8.38. The van der Waals surface area contributed by atoms with Crippen LogP contribution in [0.2, 0.25) is 0 Å². The molecule has 1 unspecified atom stereocenters. The Bertz CT molecular complexity index is 837. The van der Waals surface area contributed by atoms with Crippen molar-refractivity contribution in [2.24, 2.45) is 0 Å². The molecule has 1 atom stereocenters. The molecule has 2 heterocycles. The molecule has 1 aromatic carbocycles. The van der Waals surface area contributed by atoms with Crippen molar-refractivity contribution in [3.8, 4) is 11.5 Å². The second kappa shape index (κ2) is 7.34. The number of carbonyl (C=O) groups excluding carboxylic acids is 1. The van der Waals surface area contributed by atoms with Gasteiger partial charge in [-0.3, -0.25) is 4.79 Å². The number of amides is 1. The molecule has 0 aliphatic rings. The molecular formula is C19H21FN4O. The second-order valence-electron chi connectivity index (χ2n) is 6.02. The average Bonchev–Trinajstić information content (AvgIpc) is 3.24. The maximum absolute atomic E-state index is 13.2. The first-order chi connectivity index (χ1) is 12.1. The third-order valence-electron chi connectivity index (χ3n) is 4.01. The molecule has 3 rings (SSSR count). The second-order valence-corrected chi connectivity index (χ2v) is 6.02. The van der Waals surface area contributed by atoms with Gasteiger partial charge in [0, 0.05) is 18.4 Å². The molecule has 2 aromatic heterocycles. The van der Waals surface area contributed by atoms with Gasteiger partial charge in [-0.05, 0) is 49.7 Å². The van der Waals surface area contributed by atoms with Crippen LogP contribution in [0.15, 0.2) is 55.0 Å². The number of benzene rings is 1. The van der Waals surface area contributed by atoms with E-state index in [0.29, 0.717) is 17.1 Å². The van der Waals surface area contributed by atoms with Crippen molar-refractivity contribution < 1.29 is 9.18 Å². The predicted octanol–water partition coefficient (Wildman–Crippen LogP) is 3.72. The summed E-state index contributed by atoms with van der Waals surface area (Å²) in [7, 11) is 0. The zero-order chi connectivity index (χ0) is 17.8. The monoisotopic (exact) mass is 340 g/mol. The van der Waals surface area contributed by atoms with E-state index >= 15 is 0 Å². The molecule has 5 nitrogen and oxygen atoms in total. The van der Waals surface area contributed by atoms with Gasteiger partial charge in [-0.25, -0.2) is 9.07 Å². The van der Waals surface area contributed by atoms with E-state index in [9.17, 15) is 9.18 Å². The number of hydrogen-bond donors (Lipinski definition) is 1. The van der Waals surface area contributed by atoms with Gasteiger partial charge in [-0.2, -0.15) is 5.10 Å². The minimum atomic E-state index is -0.315. The van der Waals surface area contributed by atoms with Gasteiger partial charge in [0.05, 0.1) is 11.9 Å². The van der Waals surface area contributed by atoms with Crippen molar-refractivity contribution in [2.75, 3.05) is 0 Å². The number of halogens is 1. The zero-order valence-electron chi connectivity index (χ0n) is 14.3. The summed E-state index contributed by atoms with van der Waals surface area (Å²) in [4.78, 5) is 12.7. The van der Waals surface area contributed by atoms with Crippen LogP contribution in [0.1, 0.15) is 37.0 Å². The lowest BCUT2D eigenvalue weighted by molar-refractivity contribution is 0.0938. The van der Waals surface area contributed by atoms with E-state index in [0.717, 1.165) is 12.8 Å². The van der Waals surface area contributed by atoms with Crippen molar-refractivity contribution in [1.29, 1.82) is 0 Å². The number of carbonyl (C=O) groups is 1. The fraction of sp³-hybridized carbons (Fsp3) is 0.263. The van der Waals surface area contributed by atoms with Crippen LogP contribution >= 0.6 is 0 Å². The molecule has 3 aromatic rings. The highest BCUT2D eigenvalue weighted by molar-refractivity contribution is 5.97. The average molecular weight is 340 g/mol. The number of aromatic nitrogens is 3. The first-order valence-electron chi connectivity index (χ1n) is 8.38. The van der Waals surface area contributed by atoms with Gasteiger partial charge in [0.2, 0.25) is 0 Å². The molecule has 0 aliphatic carbocycles. The topological polar surface area (TPSA) is 51.9 Å². The standard InChI is InChI=1S/C19H21FN4O/c1-3-6-14(2)22-18(25)17-13-21-24(16-9-7-15(20)8-10-16)19(17)23-11-4-5-12-23/h4-5,7-14H,3,6H2,1-2H3,(H,22,25). The third kappa shape index (κ3) is 3.63. The summed E-state index contributed by atoms with van der Waals surface area (Å²) in [5, 5.41) is 7.37. The largest absolute Gasteiger partial charge is 0.349 e. The Morgan fingerprint density at radius 3 is 2.56 bits per heavy atom. The van der Waals surface area contributed by atoms with E-state index in [1.807, 2.05) is 36.0 Å². The molecule has 25 heavy (non-hydrogen) atoms. The summed E-state index contributed by atoms with van der Waals surface area (Å²) in [6, 6.07) is 9.86. The molecule has 6 heteroatoms. The van der Waals surface area contributed by atoms with E-state index in [1.54, 1.807) is 23.0 Å². The Morgan fingerprint density at radius 2 is 1.92 bits per heavy atom. The van der Waals surface area contributed by atoms with Crippen molar-refractivity contribution >= 4 is 5.91 Å². The highest BCUT2D eigenvalue weighted by atomic mass is 19.1. The quantitative estimate of drug-likeness (QED) is 0.743. The Labute approximate surface area is 146 Å². The molecule has 0 spiro atoms. The van der Waals surface area contributed by atoms with E-state index in [4.69, 9.17) is 0 Å². The lowest BCUT2D eigenvalue weighted by Crippen LogP contribution is -2.32. The van der Waals surface area contributed by atoms with Gasteiger partial charge in [0.1, 0.15) is 11.4 Å². The molecule has 1 N–H and O–H groups in total. The Kier molecular flexibility index (Phi) is 4.97. The van der Waals surface area contributed by atoms with Gasteiger partial charge in [-0.1, -0.05) is 13.3 Å². The van der Waals surface area contributed by atoms with Crippen LogP contribution in [0.4, 0.5) is 4.39 Å². The molecule has 0 aliphatic heterocycles. The van der Waals surface area contributed by atoms with E-state index in [2.05, 4.69) is 17.3 Å². The SMILES string of the molecule is CCCC(C)NC(=O)c1cnn(-c2ccc(F)cc2)c1-n1cccc1. The molecule has 0 radical (unpaired) electrons. The van der Waals surface area contributed by atoms with E-state index < -0.39 is 0 Å². The van der Waals surface area contributed by atoms with Crippen molar-refractivity contribution in [2.45, 2.75) is 32.7 Å². The predicted molar refractivity (Wildman–Crippen MR) is 94.7 cm³/mol. The zero-order valence-corrected chi connectivity index (χ0v) is 14.3. The Hall–Kier alpha value is -2.89. The first kappa shape index (κ1) is 17.0. The fourth-order valence-electron chi connectivity index (χ4n) is 2.80. The minimum Gasteiger partial charge on any atom is -0.349 e. The van der Waals surface area contributed by atoms with Crippen molar-refractivity contribution in [1.82, 2.24) is 19.7 Å². The summed E-state index contributed by atoms with van der Waals surface area (Å²) >= 11 is 0. The van der Waals surface area contributed by atoms with Gasteiger partial charge in [-0.15, -0.1) is 0 Å². The summed E-state index contributed by atoms with van der Waals surface area (Å²) in [5.74, 6) is 0.139. The van der Waals surface area contributed by atoms with Gasteiger partial charge in [0.15, 0.2) is 5.82 Å². The van der Waals surface area contributed by atoms with Crippen LogP contribution in [0.25, 0.3) is 11.5 Å². The maximum Gasteiger partial charge on any atom is 0.256 e. The van der Waals surface area contributed by atoms with Gasteiger partial charge >= 0.3 is 0 Å². The Morgan fingerprint density at radius 1 is 1.24 bits per heavy atom. The summed E-state index contributed by atoms with van der Waals surface area (Å²) in [6.07, 6.45) is 7.16. The number of nitrogens with zero attached hydrogens (tertiary/aromatic N) is 3. The minimum absolute atomic E-state index is 0.0872. The molecule has 1 amide bonds. The van der Waals surface area contributed by atoms with Crippen molar-refractivity contribution in [3.63, 3.8) is 0 Å². The Balaban J connectivity index is 2.02. The molecular weight excluding hydrogens is 319 g/mol. The van der Waals surface area contributed by atoms with Gasteiger partial charge < -0.3 is 9.88 Å². The fourth-order valence-corrected chi connectivity index (χ4v) is 2.80. The van der Waals surface area contributed by atoms with Crippen molar-refractivity contribution in [3.05, 3.63) is 66.4 Å². The summed E-state index contributed by atoms with van der Waals surface area (Å²) in [6.45, 7) is 4.07. The van der Waals surface area contributed by atoms with E-state index in [-0.39, 0.29) is 17.8 Å². The lowest BCUT2D eigenvalue weighted by Gasteiger charge is -2.14. The molecule has 0 bridgehead atoms. The highest BCUT2D eigenvalue weighted by Crippen LogP contribution is 2.20.